The molecule has 0 bridgehead atoms. The molecular formula is C11H12BrNO5. The van der Waals surface area contributed by atoms with Gasteiger partial charge in [0.15, 0.2) is 5.75 Å². The van der Waals surface area contributed by atoms with Gasteiger partial charge in [-0.2, -0.15) is 0 Å². The number of carbonyl (C=O) groups is 2. The predicted molar refractivity (Wildman–Crippen MR) is 64.4 cm³/mol. The summed E-state index contributed by atoms with van der Waals surface area (Å²) in [5, 5.41) is 9.52. The number of nitrogens with zero attached hydrogens (tertiary/aromatic N) is 1. The monoisotopic (exact) mass is 317 g/mol. The molecular weight excluding hydrogens is 306 g/mol. The number of aromatic hydroxyl groups is 1. The first-order valence-corrected chi connectivity index (χ1v) is 6.23. The molecule has 2 rings (SSSR count). The van der Waals surface area contributed by atoms with Crippen LogP contribution in [0.4, 0.5) is 0 Å². The molecule has 0 spiro atoms. The number of furan rings is 1. The standard InChI is InChI=1S/C11H12BrNO5/c12-7-6-18-11(10(7)16)8(14)5-9(15)13-1-3-17-4-2-13/h6,16H,1-5H2. The summed E-state index contributed by atoms with van der Waals surface area (Å²) < 4.78 is 10.3. The van der Waals surface area contributed by atoms with Crippen LogP contribution in [0.15, 0.2) is 15.2 Å². The molecule has 0 radical (unpaired) electrons. The molecule has 98 valence electrons. The van der Waals surface area contributed by atoms with E-state index in [1.165, 1.54) is 6.26 Å². The van der Waals surface area contributed by atoms with Gasteiger partial charge in [-0.15, -0.1) is 0 Å². The first kappa shape index (κ1) is 13.1. The third-order valence-electron chi connectivity index (χ3n) is 2.65. The fourth-order valence-corrected chi connectivity index (χ4v) is 1.94. The lowest BCUT2D eigenvalue weighted by atomic mass is 10.2. The Morgan fingerprint density at radius 1 is 1.39 bits per heavy atom. The third kappa shape index (κ3) is 2.73. The Hall–Kier alpha value is -1.34. The molecule has 0 saturated carbocycles. The van der Waals surface area contributed by atoms with E-state index in [9.17, 15) is 14.7 Å². The minimum absolute atomic E-state index is 0.191. The Balaban J connectivity index is 1.98. The fraction of sp³-hybridized carbons (Fsp3) is 0.455. The van der Waals surface area contributed by atoms with E-state index < -0.39 is 5.78 Å². The normalized spacial score (nSPS) is 15.7. The second kappa shape index (κ2) is 5.53. The number of halogens is 1. The molecule has 0 atom stereocenters. The van der Waals surface area contributed by atoms with Gasteiger partial charge in [-0.3, -0.25) is 9.59 Å². The lowest BCUT2D eigenvalue weighted by Gasteiger charge is -2.26. The highest BCUT2D eigenvalue weighted by Gasteiger charge is 2.24. The van der Waals surface area contributed by atoms with Crippen LogP contribution in [0.5, 0.6) is 5.75 Å². The van der Waals surface area contributed by atoms with Gasteiger partial charge in [-0.05, 0) is 15.9 Å². The van der Waals surface area contributed by atoms with Gasteiger partial charge in [0.05, 0.1) is 24.1 Å². The number of Topliss-reactive ketones (excluding diaryl/α,β-unsaturated/α-hetero) is 1. The molecule has 1 N–H and O–H groups in total. The molecule has 1 saturated heterocycles. The number of carbonyl (C=O) groups excluding carboxylic acids is 2. The van der Waals surface area contributed by atoms with Gasteiger partial charge in [-0.1, -0.05) is 0 Å². The van der Waals surface area contributed by atoms with Crippen LogP contribution in [0.1, 0.15) is 17.0 Å². The summed E-state index contributed by atoms with van der Waals surface area (Å²) in [5.74, 6) is -1.27. The summed E-state index contributed by atoms with van der Waals surface area (Å²) in [5.41, 5.74) is 0. The molecule has 1 aromatic heterocycles. The van der Waals surface area contributed by atoms with E-state index in [2.05, 4.69) is 15.9 Å². The summed E-state index contributed by atoms with van der Waals surface area (Å²) in [6, 6.07) is 0. The van der Waals surface area contributed by atoms with E-state index in [-0.39, 0.29) is 23.8 Å². The Labute approximate surface area is 112 Å². The zero-order valence-electron chi connectivity index (χ0n) is 9.52. The molecule has 1 aliphatic rings. The van der Waals surface area contributed by atoms with Crippen LogP contribution in [0.25, 0.3) is 0 Å². The van der Waals surface area contributed by atoms with Crippen molar-refractivity contribution in [3.8, 4) is 5.75 Å². The number of rotatable bonds is 3. The Bertz CT molecular complexity index is 464. The number of morpholine rings is 1. The highest BCUT2D eigenvalue weighted by atomic mass is 79.9. The highest BCUT2D eigenvalue weighted by Crippen LogP contribution is 2.30. The SMILES string of the molecule is O=C(CC(=O)N1CCOCC1)c1occ(Br)c1O. The van der Waals surface area contributed by atoms with Gasteiger partial charge >= 0.3 is 0 Å². The summed E-state index contributed by atoms with van der Waals surface area (Å²) in [6.07, 6.45) is 0.898. The molecule has 1 fully saturated rings. The van der Waals surface area contributed by atoms with Crippen LogP contribution in [0, 0.1) is 0 Å². The minimum atomic E-state index is -0.533. The number of hydrogen-bond acceptors (Lipinski definition) is 5. The van der Waals surface area contributed by atoms with Crippen molar-refractivity contribution in [1.82, 2.24) is 4.90 Å². The second-order valence-electron chi connectivity index (χ2n) is 3.85. The average Bonchev–Trinajstić information content (AvgIpc) is 2.71. The maximum Gasteiger partial charge on any atom is 0.230 e. The van der Waals surface area contributed by atoms with Gasteiger partial charge in [0.25, 0.3) is 0 Å². The maximum absolute atomic E-state index is 11.8. The van der Waals surface area contributed by atoms with Gasteiger partial charge < -0.3 is 19.2 Å². The van der Waals surface area contributed by atoms with Crippen molar-refractivity contribution in [2.75, 3.05) is 26.3 Å². The molecule has 0 aromatic carbocycles. The Morgan fingerprint density at radius 3 is 2.61 bits per heavy atom. The van der Waals surface area contributed by atoms with Crippen molar-refractivity contribution >= 4 is 27.6 Å². The fourth-order valence-electron chi connectivity index (χ4n) is 1.67. The molecule has 0 aliphatic carbocycles. The molecule has 1 amide bonds. The summed E-state index contributed by atoms with van der Waals surface area (Å²) in [4.78, 5) is 25.2. The van der Waals surface area contributed by atoms with Crippen LogP contribution >= 0.6 is 15.9 Å². The molecule has 1 aliphatic heterocycles. The zero-order valence-corrected chi connectivity index (χ0v) is 11.1. The highest BCUT2D eigenvalue weighted by molar-refractivity contribution is 9.10. The van der Waals surface area contributed by atoms with Crippen molar-refractivity contribution in [3.05, 3.63) is 16.5 Å². The maximum atomic E-state index is 11.8. The average molecular weight is 318 g/mol. The first-order chi connectivity index (χ1) is 8.59. The lowest BCUT2D eigenvalue weighted by molar-refractivity contribution is -0.134. The Morgan fingerprint density at radius 2 is 2.06 bits per heavy atom. The Kier molecular flexibility index (Phi) is 4.03. The van der Waals surface area contributed by atoms with E-state index in [1.807, 2.05) is 0 Å². The van der Waals surface area contributed by atoms with Gasteiger partial charge in [0.2, 0.25) is 17.5 Å². The van der Waals surface area contributed by atoms with E-state index >= 15 is 0 Å². The summed E-state index contributed by atoms with van der Waals surface area (Å²) in [6.45, 7) is 1.94. The number of amides is 1. The van der Waals surface area contributed by atoms with Crippen molar-refractivity contribution in [1.29, 1.82) is 0 Å². The smallest absolute Gasteiger partial charge is 0.230 e. The van der Waals surface area contributed by atoms with Crippen molar-refractivity contribution in [3.63, 3.8) is 0 Å². The van der Waals surface area contributed by atoms with E-state index in [0.29, 0.717) is 30.8 Å². The number of ketones is 1. The quantitative estimate of drug-likeness (QED) is 0.669. The van der Waals surface area contributed by atoms with Crippen LogP contribution in [0.3, 0.4) is 0 Å². The largest absolute Gasteiger partial charge is 0.503 e. The van der Waals surface area contributed by atoms with Crippen LogP contribution in [-0.2, 0) is 9.53 Å². The molecule has 18 heavy (non-hydrogen) atoms. The van der Waals surface area contributed by atoms with Crippen molar-refractivity contribution < 1.29 is 23.8 Å². The molecule has 2 heterocycles. The van der Waals surface area contributed by atoms with Crippen LogP contribution in [-0.4, -0.2) is 48.0 Å². The van der Waals surface area contributed by atoms with E-state index in [0.717, 1.165) is 0 Å². The topological polar surface area (TPSA) is 80.0 Å². The van der Waals surface area contributed by atoms with E-state index in [1.54, 1.807) is 4.90 Å². The van der Waals surface area contributed by atoms with Gasteiger partial charge in [0.1, 0.15) is 6.26 Å². The molecule has 1 aromatic rings. The first-order valence-electron chi connectivity index (χ1n) is 5.44. The number of hydrogen-bond donors (Lipinski definition) is 1. The van der Waals surface area contributed by atoms with E-state index in [4.69, 9.17) is 9.15 Å². The van der Waals surface area contributed by atoms with Crippen molar-refractivity contribution in [2.45, 2.75) is 6.42 Å². The van der Waals surface area contributed by atoms with Crippen LogP contribution in [0.2, 0.25) is 0 Å². The summed E-state index contributed by atoms with van der Waals surface area (Å²) in [7, 11) is 0. The zero-order chi connectivity index (χ0) is 13.1. The molecule has 7 heteroatoms. The van der Waals surface area contributed by atoms with Crippen molar-refractivity contribution in [2.24, 2.45) is 0 Å². The second-order valence-corrected chi connectivity index (χ2v) is 4.71. The van der Waals surface area contributed by atoms with Gasteiger partial charge in [0, 0.05) is 13.1 Å². The summed E-state index contributed by atoms with van der Waals surface area (Å²) >= 11 is 3.02. The third-order valence-corrected chi connectivity index (χ3v) is 3.21. The lowest BCUT2D eigenvalue weighted by Crippen LogP contribution is -2.41. The molecule has 0 unspecified atom stereocenters. The predicted octanol–water partition coefficient (Wildman–Crippen LogP) is 1.18. The number of ether oxygens (including phenoxy) is 1. The van der Waals surface area contributed by atoms with Gasteiger partial charge in [-0.25, -0.2) is 0 Å². The molecule has 6 nitrogen and oxygen atoms in total. The van der Waals surface area contributed by atoms with Crippen LogP contribution < -0.4 is 0 Å². The minimum Gasteiger partial charge on any atom is -0.503 e.